The van der Waals surface area contributed by atoms with E-state index in [1.807, 2.05) is 17.7 Å². The predicted octanol–water partition coefficient (Wildman–Crippen LogP) is 3.65. The average Bonchev–Trinajstić information content (AvgIpc) is 2.93. The number of nitrogens with one attached hydrogen (secondary N) is 2. The Morgan fingerprint density at radius 3 is 2.95 bits per heavy atom. The minimum absolute atomic E-state index is 0.278. The van der Waals surface area contributed by atoms with Crippen LogP contribution in [0.3, 0.4) is 0 Å². The largest absolute Gasteiger partial charge is 0.338 e. The van der Waals surface area contributed by atoms with Crippen LogP contribution in [-0.2, 0) is 6.54 Å². The molecule has 0 fully saturated rings. The number of imidazole rings is 1. The van der Waals surface area contributed by atoms with Crippen LogP contribution >= 0.6 is 23.2 Å². The lowest BCUT2D eigenvalue weighted by Gasteiger charge is -2.14. The van der Waals surface area contributed by atoms with Gasteiger partial charge in [0, 0.05) is 30.5 Å². The van der Waals surface area contributed by atoms with Gasteiger partial charge in [0.1, 0.15) is 0 Å². The lowest BCUT2D eigenvalue weighted by atomic mass is 10.2. The molecule has 1 aromatic carbocycles. The molecule has 0 aliphatic rings. The number of carbonyl (C=O) groups excluding carboxylic acids is 1. The Hall–Kier alpha value is -1.72. The van der Waals surface area contributed by atoms with E-state index in [9.17, 15) is 4.79 Å². The van der Waals surface area contributed by atoms with E-state index in [1.165, 1.54) is 0 Å². The van der Waals surface area contributed by atoms with Crippen molar-refractivity contribution in [3.05, 3.63) is 47.0 Å². The van der Waals surface area contributed by atoms with Gasteiger partial charge in [0.05, 0.1) is 17.0 Å². The topological polar surface area (TPSA) is 59.0 Å². The third kappa shape index (κ3) is 4.95. The van der Waals surface area contributed by atoms with Crippen molar-refractivity contribution in [2.45, 2.75) is 13.5 Å². The van der Waals surface area contributed by atoms with E-state index in [2.05, 4.69) is 15.6 Å². The van der Waals surface area contributed by atoms with E-state index in [0.29, 0.717) is 22.3 Å². The Bertz CT molecular complexity index is 601. The summed E-state index contributed by atoms with van der Waals surface area (Å²) in [5.74, 6) is 0.278. The summed E-state index contributed by atoms with van der Waals surface area (Å²) >= 11 is 11.9. The van der Waals surface area contributed by atoms with Crippen molar-refractivity contribution >= 4 is 34.9 Å². The lowest BCUT2D eigenvalue weighted by molar-refractivity contribution is 0.250. The molecule has 0 saturated carbocycles. The van der Waals surface area contributed by atoms with Gasteiger partial charge in [-0.05, 0) is 24.1 Å². The maximum absolute atomic E-state index is 11.8. The molecule has 0 radical (unpaired) electrons. The third-order valence-electron chi connectivity index (χ3n) is 2.87. The molecule has 0 saturated heterocycles. The van der Waals surface area contributed by atoms with Crippen LogP contribution in [0.15, 0.2) is 36.9 Å². The number of hydrogen-bond donors (Lipinski definition) is 2. The SMILES string of the molecule is C[C@@H](CNC(=O)Nc1cc(Cl)ccc1Cl)Cn1ccnc1. The average molecular weight is 327 g/mol. The normalized spacial score (nSPS) is 12.0. The fraction of sp³-hybridized carbons (Fsp3) is 0.286. The zero-order valence-corrected chi connectivity index (χ0v) is 13.0. The molecule has 1 heterocycles. The van der Waals surface area contributed by atoms with Crippen LogP contribution in [0.1, 0.15) is 6.92 Å². The van der Waals surface area contributed by atoms with E-state index in [4.69, 9.17) is 23.2 Å². The molecular formula is C14H16Cl2N4O. The highest BCUT2D eigenvalue weighted by Gasteiger charge is 2.08. The van der Waals surface area contributed by atoms with Gasteiger partial charge in [-0.3, -0.25) is 0 Å². The second-order valence-corrected chi connectivity index (χ2v) is 5.67. The van der Waals surface area contributed by atoms with Crippen LogP contribution < -0.4 is 10.6 Å². The molecule has 112 valence electrons. The summed E-state index contributed by atoms with van der Waals surface area (Å²) in [4.78, 5) is 15.8. The molecule has 2 N–H and O–H groups in total. The van der Waals surface area contributed by atoms with Crippen LogP contribution in [0.5, 0.6) is 0 Å². The van der Waals surface area contributed by atoms with Gasteiger partial charge >= 0.3 is 6.03 Å². The van der Waals surface area contributed by atoms with Crippen molar-refractivity contribution in [3.63, 3.8) is 0 Å². The maximum atomic E-state index is 11.8. The minimum atomic E-state index is -0.309. The predicted molar refractivity (Wildman–Crippen MR) is 84.9 cm³/mol. The van der Waals surface area contributed by atoms with E-state index >= 15 is 0 Å². The third-order valence-corrected chi connectivity index (χ3v) is 3.43. The molecule has 2 aromatic rings. The Morgan fingerprint density at radius 1 is 1.43 bits per heavy atom. The first kappa shape index (κ1) is 15.7. The van der Waals surface area contributed by atoms with Gasteiger partial charge in [-0.2, -0.15) is 0 Å². The van der Waals surface area contributed by atoms with Gasteiger partial charge in [0.25, 0.3) is 0 Å². The molecule has 0 unspecified atom stereocenters. The van der Waals surface area contributed by atoms with E-state index in [-0.39, 0.29) is 11.9 Å². The monoisotopic (exact) mass is 326 g/mol. The minimum Gasteiger partial charge on any atom is -0.338 e. The summed E-state index contributed by atoms with van der Waals surface area (Å²) < 4.78 is 1.97. The second kappa shape index (κ2) is 7.33. The van der Waals surface area contributed by atoms with Crippen LogP contribution in [0.4, 0.5) is 10.5 Å². The Labute approximate surface area is 133 Å². The molecule has 0 bridgehead atoms. The number of aromatic nitrogens is 2. The number of hydrogen-bond acceptors (Lipinski definition) is 2. The summed E-state index contributed by atoms with van der Waals surface area (Å²) in [5, 5.41) is 6.45. The highest BCUT2D eigenvalue weighted by molar-refractivity contribution is 6.35. The van der Waals surface area contributed by atoms with E-state index in [1.54, 1.807) is 30.7 Å². The maximum Gasteiger partial charge on any atom is 0.319 e. The van der Waals surface area contributed by atoms with Crippen molar-refractivity contribution in [2.24, 2.45) is 5.92 Å². The summed E-state index contributed by atoms with van der Waals surface area (Å²) in [6.45, 7) is 3.38. The van der Waals surface area contributed by atoms with Crippen molar-refractivity contribution in [3.8, 4) is 0 Å². The van der Waals surface area contributed by atoms with E-state index in [0.717, 1.165) is 6.54 Å². The standard InChI is InChI=1S/C14H16Cl2N4O/c1-10(8-20-5-4-17-9-20)7-18-14(21)19-13-6-11(15)2-3-12(13)16/h2-6,9-10H,7-8H2,1H3,(H2,18,19,21)/t10-/m0/s1. The number of carbonyl (C=O) groups is 1. The Balaban J connectivity index is 1.80. The van der Waals surface area contributed by atoms with Crippen LogP contribution in [0.2, 0.25) is 10.0 Å². The number of benzene rings is 1. The zero-order chi connectivity index (χ0) is 15.2. The first-order valence-corrected chi connectivity index (χ1v) is 7.26. The molecule has 7 heteroatoms. The van der Waals surface area contributed by atoms with Crippen molar-refractivity contribution < 1.29 is 4.79 Å². The fourth-order valence-electron chi connectivity index (χ4n) is 1.85. The molecule has 21 heavy (non-hydrogen) atoms. The van der Waals surface area contributed by atoms with Gasteiger partial charge in [0.2, 0.25) is 0 Å². The van der Waals surface area contributed by atoms with Gasteiger partial charge < -0.3 is 15.2 Å². The molecule has 0 aliphatic carbocycles. The lowest BCUT2D eigenvalue weighted by Crippen LogP contribution is -2.33. The highest BCUT2D eigenvalue weighted by atomic mass is 35.5. The molecule has 2 rings (SSSR count). The van der Waals surface area contributed by atoms with Gasteiger partial charge in [-0.15, -0.1) is 0 Å². The molecule has 1 atom stereocenters. The van der Waals surface area contributed by atoms with Gasteiger partial charge in [-0.25, -0.2) is 9.78 Å². The van der Waals surface area contributed by atoms with Crippen LogP contribution in [0.25, 0.3) is 0 Å². The Morgan fingerprint density at radius 2 is 2.24 bits per heavy atom. The van der Waals surface area contributed by atoms with Crippen LogP contribution in [-0.4, -0.2) is 22.1 Å². The first-order chi connectivity index (χ1) is 10.0. The second-order valence-electron chi connectivity index (χ2n) is 4.82. The van der Waals surface area contributed by atoms with Gasteiger partial charge in [-0.1, -0.05) is 30.1 Å². The number of halogens is 2. The quantitative estimate of drug-likeness (QED) is 0.881. The summed E-state index contributed by atoms with van der Waals surface area (Å²) in [6.07, 6.45) is 5.37. The molecule has 1 aromatic heterocycles. The summed E-state index contributed by atoms with van der Waals surface area (Å²) in [7, 11) is 0. The molecular weight excluding hydrogens is 311 g/mol. The molecule has 2 amide bonds. The van der Waals surface area contributed by atoms with Crippen molar-refractivity contribution in [2.75, 3.05) is 11.9 Å². The van der Waals surface area contributed by atoms with Gasteiger partial charge in [0.15, 0.2) is 0 Å². The number of rotatable bonds is 5. The van der Waals surface area contributed by atoms with Crippen LogP contribution in [0, 0.1) is 5.92 Å². The molecule has 0 spiro atoms. The highest BCUT2D eigenvalue weighted by Crippen LogP contribution is 2.25. The van der Waals surface area contributed by atoms with E-state index < -0.39 is 0 Å². The summed E-state index contributed by atoms with van der Waals surface area (Å²) in [5.41, 5.74) is 0.490. The van der Waals surface area contributed by atoms with Crippen molar-refractivity contribution in [1.82, 2.24) is 14.9 Å². The zero-order valence-electron chi connectivity index (χ0n) is 11.5. The number of amides is 2. The summed E-state index contributed by atoms with van der Waals surface area (Å²) in [6, 6.07) is 4.61. The Kier molecular flexibility index (Phi) is 5.47. The first-order valence-electron chi connectivity index (χ1n) is 6.50. The van der Waals surface area contributed by atoms with Crippen molar-refractivity contribution in [1.29, 1.82) is 0 Å². The molecule has 5 nitrogen and oxygen atoms in total. The number of urea groups is 1. The fourth-order valence-corrected chi connectivity index (χ4v) is 2.18. The molecule has 0 aliphatic heterocycles. The number of anilines is 1. The smallest absolute Gasteiger partial charge is 0.319 e. The number of nitrogens with zero attached hydrogens (tertiary/aromatic N) is 2.